The van der Waals surface area contributed by atoms with E-state index in [0.717, 1.165) is 11.3 Å². The summed E-state index contributed by atoms with van der Waals surface area (Å²) < 4.78 is 1.41. The molecule has 1 N–H and O–H groups in total. The second-order valence-electron chi connectivity index (χ2n) is 4.68. The van der Waals surface area contributed by atoms with Gasteiger partial charge in [-0.1, -0.05) is 28.9 Å². The van der Waals surface area contributed by atoms with Crippen LogP contribution in [-0.2, 0) is 0 Å². The molecule has 0 radical (unpaired) electrons. The molecule has 3 aromatic rings. The molecule has 0 bridgehead atoms. The number of benzene rings is 2. The molecule has 0 aliphatic rings. The SMILES string of the molecule is Cc1ccc(Nc2nnnn2-c2cccc([N+](=O)[O-])c2)cc1. The highest BCUT2D eigenvalue weighted by Gasteiger charge is 2.12. The number of hydrogen-bond acceptors (Lipinski definition) is 6. The van der Waals surface area contributed by atoms with Crippen LogP contribution in [0.15, 0.2) is 48.5 Å². The lowest BCUT2D eigenvalue weighted by Gasteiger charge is -2.07. The molecule has 1 aromatic heterocycles. The van der Waals surface area contributed by atoms with Crippen molar-refractivity contribution in [1.82, 2.24) is 20.2 Å². The Kier molecular flexibility index (Phi) is 3.48. The maximum Gasteiger partial charge on any atom is 0.271 e. The van der Waals surface area contributed by atoms with Crippen molar-refractivity contribution in [2.24, 2.45) is 0 Å². The van der Waals surface area contributed by atoms with Crippen molar-refractivity contribution < 1.29 is 4.92 Å². The van der Waals surface area contributed by atoms with Crippen LogP contribution in [0.2, 0.25) is 0 Å². The molecule has 1 heterocycles. The van der Waals surface area contributed by atoms with E-state index in [4.69, 9.17) is 0 Å². The van der Waals surface area contributed by atoms with Crippen molar-refractivity contribution in [3.05, 3.63) is 64.2 Å². The smallest absolute Gasteiger partial charge is 0.271 e. The van der Waals surface area contributed by atoms with Gasteiger partial charge in [0.15, 0.2) is 0 Å². The molecule has 0 amide bonds. The van der Waals surface area contributed by atoms with E-state index in [2.05, 4.69) is 20.8 Å². The Hall–Kier alpha value is -3.29. The van der Waals surface area contributed by atoms with Crippen molar-refractivity contribution in [2.45, 2.75) is 6.92 Å². The van der Waals surface area contributed by atoms with E-state index < -0.39 is 4.92 Å². The van der Waals surface area contributed by atoms with E-state index in [-0.39, 0.29) is 5.69 Å². The van der Waals surface area contributed by atoms with Gasteiger partial charge in [-0.3, -0.25) is 10.1 Å². The maximum atomic E-state index is 10.9. The first-order chi connectivity index (χ1) is 10.6. The predicted octanol–water partition coefficient (Wildman–Crippen LogP) is 2.62. The van der Waals surface area contributed by atoms with E-state index in [1.54, 1.807) is 12.1 Å². The Labute approximate surface area is 125 Å². The summed E-state index contributed by atoms with van der Waals surface area (Å²) in [5, 5.41) is 25.3. The zero-order valence-electron chi connectivity index (χ0n) is 11.7. The Morgan fingerprint density at radius 2 is 1.95 bits per heavy atom. The van der Waals surface area contributed by atoms with Gasteiger partial charge in [-0.05, 0) is 35.5 Å². The molecule has 0 spiro atoms. The lowest BCUT2D eigenvalue weighted by molar-refractivity contribution is -0.384. The number of nitrogens with one attached hydrogen (secondary N) is 1. The number of nitro groups is 1. The van der Waals surface area contributed by atoms with Gasteiger partial charge in [-0.25, -0.2) is 0 Å². The molecule has 0 atom stereocenters. The number of tetrazole rings is 1. The molecule has 0 unspecified atom stereocenters. The van der Waals surface area contributed by atoms with Crippen molar-refractivity contribution in [3.63, 3.8) is 0 Å². The normalized spacial score (nSPS) is 10.4. The first-order valence-electron chi connectivity index (χ1n) is 6.50. The van der Waals surface area contributed by atoms with Gasteiger partial charge in [0.25, 0.3) is 11.6 Å². The Bertz CT molecular complexity index is 812. The number of non-ortho nitro benzene ring substituents is 1. The van der Waals surface area contributed by atoms with Gasteiger partial charge < -0.3 is 5.32 Å². The molecule has 3 rings (SSSR count). The fraction of sp³-hybridized carbons (Fsp3) is 0.0714. The quantitative estimate of drug-likeness (QED) is 0.587. The van der Waals surface area contributed by atoms with Crippen LogP contribution in [0.5, 0.6) is 0 Å². The van der Waals surface area contributed by atoms with Crippen LogP contribution in [-0.4, -0.2) is 25.1 Å². The highest BCUT2D eigenvalue weighted by atomic mass is 16.6. The van der Waals surface area contributed by atoms with Crippen molar-refractivity contribution in [3.8, 4) is 5.69 Å². The van der Waals surface area contributed by atoms with Crippen LogP contribution in [0.4, 0.5) is 17.3 Å². The minimum Gasteiger partial charge on any atom is -0.323 e. The third-order valence-corrected chi connectivity index (χ3v) is 3.06. The van der Waals surface area contributed by atoms with E-state index in [1.165, 1.54) is 16.8 Å². The molecule has 0 aliphatic carbocycles. The van der Waals surface area contributed by atoms with Crippen LogP contribution < -0.4 is 5.32 Å². The second kappa shape index (κ2) is 5.60. The predicted molar refractivity (Wildman–Crippen MR) is 80.3 cm³/mol. The summed E-state index contributed by atoms with van der Waals surface area (Å²) in [6.45, 7) is 2.00. The zero-order valence-corrected chi connectivity index (χ0v) is 11.7. The number of nitro benzene ring substituents is 1. The Morgan fingerprint density at radius 3 is 2.68 bits per heavy atom. The van der Waals surface area contributed by atoms with Gasteiger partial charge in [0.2, 0.25) is 0 Å². The lowest BCUT2D eigenvalue weighted by atomic mass is 10.2. The minimum absolute atomic E-state index is 0.0192. The second-order valence-corrected chi connectivity index (χ2v) is 4.68. The summed E-state index contributed by atoms with van der Waals surface area (Å²) in [6, 6.07) is 13.9. The average molecular weight is 296 g/mol. The third kappa shape index (κ3) is 2.75. The van der Waals surface area contributed by atoms with Crippen molar-refractivity contribution in [1.29, 1.82) is 0 Å². The van der Waals surface area contributed by atoms with Crippen LogP contribution in [0, 0.1) is 17.0 Å². The van der Waals surface area contributed by atoms with Crippen molar-refractivity contribution in [2.75, 3.05) is 5.32 Å². The summed E-state index contributed by atoms with van der Waals surface area (Å²) in [7, 11) is 0. The zero-order chi connectivity index (χ0) is 15.5. The van der Waals surface area contributed by atoms with Gasteiger partial charge in [0.1, 0.15) is 0 Å². The molecule has 22 heavy (non-hydrogen) atoms. The van der Waals surface area contributed by atoms with Crippen LogP contribution in [0.25, 0.3) is 5.69 Å². The summed E-state index contributed by atoms with van der Waals surface area (Å²) in [5.74, 6) is 0.379. The van der Waals surface area contributed by atoms with Crippen LogP contribution >= 0.6 is 0 Å². The molecule has 110 valence electrons. The van der Waals surface area contributed by atoms with Crippen molar-refractivity contribution >= 4 is 17.3 Å². The fourth-order valence-electron chi connectivity index (χ4n) is 1.94. The molecular weight excluding hydrogens is 284 g/mol. The summed E-state index contributed by atoms with van der Waals surface area (Å²) in [4.78, 5) is 10.4. The van der Waals surface area contributed by atoms with Gasteiger partial charge in [0.05, 0.1) is 10.6 Å². The monoisotopic (exact) mass is 296 g/mol. The molecule has 0 saturated heterocycles. The Balaban J connectivity index is 1.93. The maximum absolute atomic E-state index is 10.9. The molecule has 0 saturated carbocycles. The fourth-order valence-corrected chi connectivity index (χ4v) is 1.94. The average Bonchev–Trinajstić information content (AvgIpc) is 2.98. The molecule has 8 heteroatoms. The van der Waals surface area contributed by atoms with Gasteiger partial charge >= 0.3 is 0 Å². The highest BCUT2D eigenvalue weighted by Crippen LogP contribution is 2.20. The van der Waals surface area contributed by atoms with Crippen LogP contribution in [0.1, 0.15) is 5.56 Å². The number of nitrogens with zero attached hydrogens (tertiary/aromatic N) is 5. The van der Waals surface area contributed by atoms with Gasteiger partial charge in [0, 0.05) is 17.8 Å². The topological polar surface area (TPSA) is 98.8 Å². The number of anilines is 2. The minimum atomic E-state index is -0.457. The largest absolute Gasteiger partial charge is 0.323 e. The first kappa shape index (κ1) is 13.7. The number of aromatic nitrogens is 4. The summed E-state index contributed by atoms with van der Waals surface area (Å²) in [5.41, 5.74) is 2.46. The first-order valence-corrected chi connectivity index (χ1v) is 6.50. The highest BCUT2D eigenvalue weighted by molar-refractivity contribution is 5.56. The van der Waals surface area contributed by atoms with Crippen LogP contribution in [0.3, 0.4) is 0 Å². The van der Waals surface area contributed by atoms with Gasteiger partial charge in [-0.15, -0.1) is 0 Å². The lowest BCUT2D eigenvalue weighted by Crippen LogP contribution is -2.04. The Morgan fingerprint density at radius 1 is 1.18 bits per heavy atom. The van der Waals surface area contributed by atoms with E-state index >= 15 is 0 Å². The molecule has 8 nitrogen and oxygen atoms in total. The standard InChI is InChI=1S/C14H12N6O2/c1-10-5-7-11(8-6-10)15-14-16-17-18-19(14)12-3-2-4-13(9-12)20(21)22/h2-9H,1H3,(H,15,16,18). The number of rotatable bonds is 4. The molecule has 0 fully saturated rings. The number of aryl methyl sites for hydroxylation is 1. The molecule has 2 aromatic carbocycles. The van der Waals surface area contributed by atoms with Gasteiger partial charge in [-0.2, -0.15) is 4.68 Å². The third-order valence-electron chi connectivity index (χ3n) is 3.06. The van der Waals surface area contributed by atoms with E-state index in [0.29, 0.717) is 11.6 Å². The molecular formula is C14H12N6O2. The number of hydrogen-bond donors (Lipinski definition) is 1. The van der Waals surface area contributed by atoms with E-state index in [9.17, 15) is 10.1 Å². The summed E-state index contributed by atoms with van der Waals surface area (Å²) >= 11 is 0. The van der Waals surface area contributed by atoms with E-state index in [1.807, 2.05) is 31.2 Å². The summed E-state index contributed by atoms with van der Waals surface area (Å²) in [6.07, 6.45) is 0. The molecule has 0 aliphatic heterocycles.